The summed E-state index contributed by atoms with van der Waals surface area (Å²) in [5.41, 5.74) is -0.0468. The van der Waals surface area contributed by atoms with Crippen LogP contribution in [0.4, 0.5) is 0 Å². The monoisotopic (exact) mass is 320 g/mol. The third-order valence-corrected chi connectivity index (χ3v) is 5.44. The number of aromatic nitrogens is 2. The Bertz CT molecular complexity index is 586. The molecule has 2 fully saturated rings. The predicted octanol–water partition coefficient (Wildman–Crippen LogP) is 2.20. The van der Waals surface area contributed by atoms with Gasteiger partial charge in [0.15, 0.2) is 0 Å². The molecule has 2 unspecified atom stereocenters. The molecular weight excluding hydrogens is 292 g/mol. The second-order valence-corrected chi connectivity index (χ2v) is 7.63. The van der Waals surface area contributed by atoms with Crippen molar-refractivity contribution in [3.63, 3.8) is 0 Å². The fourth-order valence-corrected chi connectivity index (χ4v) is 3.84. The molecule has 0 aromatic carbocycles. The Morgan fingerprint density at radius 2 is 2.00 bits per heavy atom. The summed E-state index contributed by atoms with van der Waals surface area (Å²) in [5.74, 6) is 0.701. The number of nitrogens with zero attached hydrogens (tertiary/aromatic N) is 2. The summed E-state index contributed by atoms with van der Waals surface area (Å²) in [4.78, 5) is 16.7. The van der Waals surface area contributed by atoms with Gasteiger partial charge in [-0.1, -0.05) is 19.3 Å². The summed E-state index contributed by atoms with van der Waals surface area (Å²) in [7, 11) is 0. The molecule has 0 saturated heterocycles. The van der Waals surface area contributed by atoms with Gasteiger partial charge in [-0.05, 0) is 38.5 Å². The zero-order chi connectivity index (χ0) is 16.4. The van der Waals surface area contributed by atoms with E-state index in [0.29, 0.717) is 18.3 Å². The first kappa shape index (κ1) is 16.7. The van der Waals surface area contributed by atoms with Gasteiger partial charge in [0.05, 0.1) is 30.3 Å². The van der Waals surface area contributed by atoms with Gasteiger partial charge in [-0.3, -0.25) is 9.36 Å². The Labute approximate surface area is 137 Å². The normalized spacial score (nSPS) is 23.4. The molecule has 0 radical (unpaired) electrons. The van der Waals surface area contributed by atoms with Gasteiger partial charge in [0.1, 0.15) is 0 Å². The van der Waals surface area contributed by atoms with Gasteiger partial charge < -0.3 is 10.2 Å². The highest BCUT2D eigenvalue weighted by Crippen LogP contribution is 2.41. The Morgan fingerprint density at radius 1 is 1.30 bits per heavy atom. The molecule has 1 aromatic heterocycles. The molecule has 0 amide bonds. The molecule has 5 heteroatoms. The fraction of sp³-hybridized carbons (Fsp3) is 0.778. The van der Waals surface area contributed by atoms with Crippen molar-refractivity contribution in [1.82, 2.24) is 9.55 Å². The molecule has 5 nitrogen and oxygen atoms in total. The van der Waals surface area contributed by atoms with Gasteiger partial charge in [-0.2, -0.15) is 0 Å². The summed E-state index contributed by atoms with van der Waals surface area (Å²) in [6, 6.07) is 1.63. The van der Waals surface area contributed by atoms with Gasteiger partial charge in [-0.15, -0.1) is 0 Å². The number of hydrogen-bond donors (Lipinski definition) is 2. The summed E-state index contributed by atoms with van der Waals surface area (Å²) < 4.78 is 1.46. The van der Waals surface area contributed by atoms with Crippen LogP contribution in [0.25, 0.3) is 0 Å². The van der Waals surface area contributed by atoms with Crippen molar-refractivity contribution in [2.45, 2.75) is 82.5 Å². The van der Waals surface area contributed by atoms with Crippen molar-refractivity contribution in [1.29, 1.82) is 0 Å². The first-order valence-corrected chi connectivity index (χ1v) is 8.92. The minimum atomic E-state index is -0.835. The topological polar surface area (TPSA) is 75.3 Å². The molecule has 1 aromatic rings. The van der Waals surface area contributed by atoms with Crippen LogP contribution in [0.5, 0.6) is 0 Å². The van der Waals surface area contributed by atoms with Crippen molar-refractivity contribution >= 4 is 0 Å². The molecule has 2 N–H and O–H groups in total. The van der Waals surface area contributed by atoms with Gasteiger partial charge in [0.25, 0.3) is 5.56 Å². The minimum absolute atomic E-state index is 0.106. The van der Waals surface area contributed by atoms with Crippen LogP contribution in [-0.2, 0) is 6.54 Å². The Balaban J connectivity index is 1.62. The van der Waals surface area contributed by atoms with E-state index < -0.39 is 11.7 Å². The number of aliphatic hydroxyl groups excluding tert-OH is 1. The average molecular weight is 320 g/mol. The second kappa shape index (κ2) is 6.73. The molecule has 0 spiro atoms. The average Bonchev–Trinajstić information content (AvgIpc) is 3.35. The van der Waals surface area contributed by atoms with E-state index in [4.69, 9.17) is 0 Å². The lowest BCUT2D eigenvalue weighted by Crippen LogP contribution is -2.36. The molecule has 2 aliphatic rings. The molecule has 2 aliphatic carbocycles. The SMILES string of the molecule is CC(O)(CC(O)Cn1cnc(C2CCCCC2)cc1=O)C1CC1. The van der Waals surface area contributed by atoms with Gasteiger partial charge in [0, 0.05) is 18.4 Å². The molecule has 0 aliphatic heterocycles. The first-order chi connectivity index (χ1) is 11.0. The lowest BCUT2D eigenvalue weighted by molar-refractivity contribution is -0.0179. The summed E-state index contributed by atoms with van der Waals surface area (Å²) >= 11 is 0. The predicted molar refractivity (Wildman–Crippen MR) is 88.3 cm³/mol. The highest BCUT2D eigenvalue weighted by atomic mass is 16.3. The van der Waals surface area contributed by atoms with Gasteiger partial charge >= 0.3 is 0 Å². The van der Waals surface area contributed by atoms with Crippen LogP contribution in [-0.4, -0.2) is 31.5 Å². The molecule has 23 heavy (non-hydrogen) atoms. The van der Waals surface area contributed by atoms with Gasteiger partial charge in [0.2, 0.25) is 0 Å². The van der Waals surface area contributed by atoms with E-state index in [2.05, 4.69) is 4.98 Å². The van der Waals surface area contributed by atoms with E-state index in [1.54, 1.807) is 19.3 Å². The second-order valence-electron chi connectivity index (χ2n) is 7.63. The summed E-state index contributed by atoms with van der Waals surface area (Å²) in [6.45, 7) is 1.97. The van der Waals surface area contributed by atoms with Crippen LogP contribution < -0.4 is 5.56 Å². The van der Waals surface area contributed by atoms with E-state index in [0.717, 1.165) is 31.4 Å². The van der Waals surface area contributed by atoms with Crippen molar-refractivity contribution < 1.29 is 10.2 Å². The van der Waals surface area contributed by atoms with Crippen LogP contribution >= 0.6 is 0 Å². The fourth-order valence-electron chi connectivity index (χ4n) is 3.84. The van der Waals surface area contributed by atoms with Crippen LogP contribution in [0.1, 0.15) is 69.9 Å². The lowest BCUT2D eigenvalue weighted by atomic mass is 9.87. The van der Waals surface area contributed by atoms with Crippen LogP contribution in [0.2, 0.25) is 0 Å². The van der Waals surface area contributed by atoms with E-state index in [-0.39, 0.29) is 12.1 Å². The third kappa shape index (κ3) is 4.21. The Hall–Kier alpha value is -1.20. The summed E-state index contributed by atoms with van der Waals surface area (Å²) in [6.07, 6.45) is 9.11. The van der Waals surface area contributed by atoms with Crippen LogP contribution in [0.15, 0.2) is 17.2 Å². The van der Waals surface area contributed by atoms with E-state index >= 15 is 0 Å². The van der Waals surface area contributed by atoms with Crippen molar-refractivity contribution in [2.24, 2.45) is 5.92 Å². The minimum Gasteiger partial charge on any atom is -0.391 e. The quantitative estimate of drug-likeness (QED) is 0.842. The highest BCUT2D eigenvalue weighted by molar-refractivity contribution is 5.07. The van der Waals surface area contributed by atoms with Crippen LogP contribution in [0.3, 0.4) is 0 Å². The largest absolute Gasteiger partial charge is 0.391 e. The first-order valence-electron chi connectivity index (χ1n) is 8.92. The van der Waals surface area contributed by atoms with Crippen LogP contribution in [0, 0.1) is 5.92 Å². The van der Waals surface area contributed by atoms with Gasteiger partial charge in [-0.25, -0.2) is 4.98 Å². The number of rotatable bonds is 6. The molecule has 128 valence electrons. The van der Waals surface area contributed by atoms with Crippen molar-refractivity contribution in [3.05, 3.63) is 28.4 Å². The molecular formula is C18H28N2O3. The van der Waals surface area contributed by atoms with Crippen molar-refractivity contribution in [2.75, 3.05) is 0 Å². The van der Waals surface area contributed by atoms with E-state index in [1.807, 2.05) is 0 Å². The maximum atomic E-state index is 12.3. The molecule has 1 heterocycles. The third-order valence-electron chi connectivity index (χ3n) is 5.44. The molecule has 2 saturated carbocycles. The van der Waals surface area contributed by atoms with E-state index in [1.165, 1.54) is 23.8 Å². The summed E-state index contributed by atoms with van der Waals surface area (Å²) in [5, 5.41) is 20.5. The number of hydrogen-bond acceptors (Lipinski definition) is 4. The Kier molecular flexibility index (Phi) is 4.87. The number of aliphatic hydroxyl groups is 2. The standard InChI is InChI=1S/C18H28N2O3/c1-18(23,14-7-8-14)10-15(21)11-20-12-19-16(9-17(20)22)13-5-3-2-4-6-13/h9,12-15,21,23H,2-8,10-11H2,1H3. The van der Waals surface area contributed by atoms with Crippen molar-refractivity contribution in [3.8, 4) is 0 Å². The molecule has 0 bridgehead atoms. The molecule has 3 rings (SSSR count). The zero-order valence-corrected chi connectivity index (χ0v) is 13.9. The highest BCUT2D eigenvalue weighted by Gasteiger charge is 2.41. The smallest absolute Gasteiger partial charge is 0.253 e. The maximum Gasteiger partial charge on any atom is 0.253 e. The van der Waals surface area contributed by atoms with E-state index in [9.17, 15) is 15.0 Å². The molecule has 2 atom stereocenters. The zero-order valence-electron chi connectivity index (χ0n) is 13.9. The lowest BCUT2D eigenvalue weighted by Gasteiger charge is -2.26. The Morgan fingerprint density at radius 3 is 2.61 bits per heavy atom. The maximum absolute atomic E-state index is 12.3.